The summed E-state index contributed by atoms with van der Waals surface area (Å²) in [6.45, 7) is 0. The molecule has 0 radical (unpaired) electrons. The van der Waals surface area contributed by atoms with Crippen molar-refractivity contribution < 1.29 is 0 Å². The van der Waals surface area contributed by atoms with Crippen LogP contribution < -0.4 is 4.90 Å². The van der Waals surface area contributed by atoms with E-state index in [4.69, 9.17) is 0 Å². The Labute approximate surface area is 279 Å². The third-order valence-corrected chi connectivity index (χ3v) is 10.1. The Morgan fingerprint density at radius 2 is 1.27 bits per heavy atom. The van der Waals surface area contributed by atoms with Crippen LogP contribution in [-0.4, -0.2) is 10.6 Å². The minimum absolute atomic E-state index is 0.00407. The molecule has 0 fully saturated rings. The third-order valence-electron chi connectivity index (χ3n) is 10.1. The van der Waals surface area contributed by atoms with Crippen molar-refractivity contribution in [1.29, 1.82) is 10.5 Å². The summed E-state index contributed by atoms with van der Waals surface area (Å²) in [6.07, 6.45) is 12.7. The molecule has 0 saturated carbocycles. The van der Waals surface area contributed by atoms with Crippen LogP contribution in [0.2, 0.25) is 0 Å². The SMILES string of the molecule is N#CC1=CC2C3=C(CCC=C3)N(c3c(-c4ccccc4C#N)cccc3-c3ccccc3-n3c4ccccc4c4ccccc43)C2C=C1. The highest BCUT2D eigenvalue weighted by Gasteiger charge is 2.41. The van der Waals surface area contributed by atoms with Crippen LogP contribution in [-0.2, 0) is 0 Å². The number of hydrogen-bond acceptors (Lipinski definition) is 3. The fraction of sp³-hybridized carbons (Fsp3) is 0.0909. The molecule has 0 spiro atoms. The van der Waals surface area contributed by atoms with Gasteiger partial charge in [-0.3, -0.25) is 0 Å². The molecule has 0 amide bonds. The first-order valence-electron chi connectivity index (χ1n) is 16.5. The van der Waals surface area contributed by atoms with Gasteiger partial charge in [0.05, 0.1) is 46.2 Å². The maximum Gasteiger partial charge on any atom is 0.0998 e. The second-order valence-corrected chi connectivity index (χ2v) is 12.6. The molecule has 6 aromatic rings. The fourth-order valence-electron chi connectivity index (χ4n) is 8.09. The lowest BCUT2D eigenvalue weighted by Crippen LogP contribution is -2.34. The van der Waals surface area contributed by atoms with Gasteiger partial charge in [0.15, 0.2) is 0 Å². The molecule has 4 nitrogen and oxygen atoms in total. The molecular weight excluding hydrogens is 585 g/mol. The van der Waals surface area contributed by atoms with Gasteiger partial charge in [0.25, 0.3) is 0 Å². The number of rotatable bonds is 4. The number of fused-ring (bicyclic) bond motifs is 5. The van der Waals surface area contributed by atoms with Crippen molar-refractivity contribution in [2.45, 2.75) is 18.9 Å². The van der Waals surface area contributed by atoms with Crippen molar-refractivity contribution in [2.75, 3.05) is 4.90 Å². The Hall–Kier alpha value is -6.36. The van der Waals surface area contributed by atoms with E-state index in [1.165, 1.54) is 22.0 Å². The van der Waals surface area contributed by atoms with E-state index in [9.17, 15) is 10.5 Å². The van der Waals surface area contributed by atoms with E-state index in [-0.39, 0.29) is 12.0 Å². The third kappa shape index (κ3) is 4.13. The Balaban J connectivity index is 1.37. The van der Waals surface area contributed by atoms with E-state index >= 15 is 0 Å². The molecule has 0 saturated heterocycles. The van der Waals surface area contributed by atoms with E-state index < -0.39 is 0 Å². The number of para-hydroxylation sites is 4. The molecule has 3 aliphatic rings. The molecule has 4 heteroatoms. The van der Waals surface area contributed by atoms with E-state index in [0.717, 1.165) is 57.5 Å². The van der Waals surface area contributed by atoms with E-state index in [1.54, 1.807) is 0 Å². The number of nitriles is 2. The number of benzene rings is 5. The summed E-state index contributed by atoms with van der Waals surface area (Å²) in [4.78, 5) is 2.52. The number of allylic oxidation sites excluding steroid dienone is 5. The Morgan fingerprint density at radius 1 is 0.625 bits per heavy atom. The average Bonchev–Trinajstić information content (AvgIpc) is 3.67. The lowest BCUT2D eigenvalue weighted by Gasteiger charge is -2.35. The second kappa shape index (κ2) is 11.2. The van der Waals surface area contributed by atoms with Crippen molar-refractivity contribution in [3.05, 3.63) is 168 Å². The predicted molar refractivity (Wildman–Crippen MR) is 194 cm³/mol. The molecule has 2 aliphatic carbocycles. The zero-order valence-corrected chi connectivity index (χ0v) is 26.2. The summed E-state index contributed by atoms with van der Waals surface area (Å²) in [7, 11) is 0. The van der Waals surface area contributed by atoms with Gasteiger partial charge < -0.3 is 9.47 Å². The molecular formula is C44H30N4. The summed E-state index contributed by atoms with van der Waals surface area (Å²) in [5.41, 5.74) is 12.5. The van der Waals surface area contributed by atoms with Crippen LogP contribution in [0.3, 0.4) is 0 Å². The quantitative estimate of drug-likeness (QED) is 0.199. The molecule has 0 bridgehead atoms. The number of aromatic nitrogens is 1. The first-order valence-corrected chi connectivity index (χ1v) is 16.5. The fourth-order valence-corrected chi connectivity index (χ4v) is 8.09. The highest BCUT2D eigenvalue weighted by molar-refractivity contribution is 6.10. The predicted octanol–water partition coefficient (Wildman–Crippen LogP) is 10.4. The van der Waals surface area contributed by atoms with Crippen LogP contribution in [0.5, 0.6) is 0 Å². The van der Waals surface area contributed by atoms with Gasteiger partial charge in [0.2, 0.25) is 0 Å². The standard InChI is InChI=1S/C44H30N4/c45-27-29-24-25-43-38(26-29)35-17-6-10-23-42(35)48(43)44-36(31-13-2-1-12-30(31)28-46)18-11-19-37(44)34-16-5-9-22-41(34)47-39-20-7-3-14-32(39)33-15-4-8-21-40(33)47/h1-9,11-22,24-26,38,43H,10,23H2. The first-order chi connectivity index (χ1) is 23.8. The molecule has 226 valence electrons. The molecule has 2 atom stereocenters. The average molecular weight is 615 g/mol. The summed E-state index contributed by atoms with van der Waals surface area (Å²) < 4.78 is 2.39. The van der Waals surface area contributed by atoms with Crippen molar-refractivity contribution in [2.24, 2.45) is 5.92 Å². The van der Waals surface area contributed by atoms with Crippen LogP contribution in [0.15, 0.2) is 162 Å². The normalized spacial score (nSPS) is 18.0. The van der Waals surface area contributed by atoms with Crippen LogP contribution in [0.1, 0.15) is 18.4 Å². The van der Waals surface area contributed by atoms with Gasteiger partial charge in [0, 0.05) is 50.2 Å². The summed E-state index contributed by atoms with van der Waals surface area (Å²) in [5.74, 6) is 0.0656. The second-order valence-electron chi connectivity index (χ2n) is 12.6. The Bertz CT molecular complexity index is 2450. The smallest absolute Gasteiger partial charge is 0.0998 e. The Morgan fingerprint density at radius 3 is 2.02 bits per heavy atom. The zero-order valence-electron chi connectivity index (χ0n) is 26.2. The summed E-state index contributed by atoms with van der Waals surface area (Å²) in [5, 5.41) is 22.6. The van der Waals surface area contributed by atoms with Crippen LogP contribution >= 0.6 is 0 Å². The van der Waals surface area contributed by atoms with Crippen LogP contribution in [0, 0.1) is 28.6 Å². The monoisotopic (exact) mass is 614 g/mol. The summed E-state index contributed by atoms with van der Waals surface area (Å²) >= 11 is 0. The maximum absolute atomic E-state index is 10.3. The molecule has 48 heavy (non-hydrogen) atoms. The van der Waals surface area contributed by atoms with Gasteiger partial charge in [-0.25, -0.2) is 0 Å². The minimum Gasteiger partial charge on any atom is -0.336 e. The van der Waals surface area contributed by atoms with Gasteiger partial charge in [-0.15, -0.1) is 0 Å². The zero-order chi connectivity index (χ0) is 32.2. The lowest BCUT2D eigenvalue weighted by atomic mass is 9.86. The number of hydrogen-bond donors (Lipinski definition) is 0. The van der Waals surface area contributed by atoms with Crippen molar-refractivity contribution in [1.82, 2.24) is 4.57 Å². The van der Waals surface area contributed by atoms with Crippen molar-refractivity contribution in [3.63, 3.8) is 0 Å². The largest absolute Gasteiger partial charge is 0.336 e. The van der Waals surface area contributed by atoms with Crippen LogP contribution in [0.25, 0.3) is 49.7 Å². The Kier molecular flexibility index (Phi) is 6.49. The van der Waals surface area contributed by atoms with Crippen molar-refractivity contribution in [3.8, 4) is 40.1 Å². The number of nitrogens with zero attached hydrogens (tertiary/aromatic N) is 4. The highest BCUT2D eigenvalue weighted by Crippen LogP contribution is 2.52. The molecule has 0 N–H and O–H groups in total. The molecule has 2 unspecified atom stereocenters. The van der Waals surface area contributed by atoms with Gasteiger partial charge in [0.1, 0.15) is 0 Å². The maximum atomic E-state index is 10.3. The highest BCUT2D eigenvalue weighted by atomic mass is 15.2. The van der Waals surface area contributed by atoms with E-state index in [2.05, 4.69) is 143 Å². The molecule has 1 aromatic heterocycles. The lowest BCUT2D eigenvalue weighted by molar-refractivity contribution is 0.679. The summed E-state index contributed by atoms with van der Waals surface area (Å²) in [6, 6.07) is 45.2. The molecule has 9 rings (SSSR count). The van der Waals surface area contributed by atoms with Gasteiger partial charge >= 0.3 is 0 Å². The topological polar surface area (TPSA) is 55.8 Å². The van der Waals surface area contributed by atoms with Gasteiger partial charge in [-0.05, 0) is 48.8 Å². The van der Waals surface area contributed by atoms with E-state index in [1.807, 2.05) is 24.3 Å². The van der Waals surface area contributed by atoms with Crippen LogP contribution in [0.4, 0.5) is 5.69 Å². The molecule has 2 heterocycles. The number of anilines is 1. The first kappa shape index (κ1) is 27.9. The van der Waals surface area contributed by atoms with Gasteiger partial charge in [-0.2, -0.15) is 10.5 Å². The van der Waals surface area contributed by atoms with E-state index in [0.29, 0.717) is 11.1 Å². The van der Waals surface area contributed by atoms with Crippen molar-refractivity contribution >= 4 is 27.5 Å². The minimum atomic E-state index is 0.00407. The molecule has 5 aromatic carbocycles. The molecule has 1 aliphatic heterocycles. The van der Waals surface area contributed by atoms with Gasteiger partial charge in [-0.1, -0.05) is 115 Å².